The van der Waals surface area contributed by atoms with Gasteiger partial charge in [-0.1, -0.05) is 18.2 Å². The zero-order chi connectivity index (χ0) is 12.3. The average molecular weight is 236 g/mol. The van der Waals surface area contributed by atoms with Gasteiger partial charge in [0.05, 0.1) is 6.61 Å². The van der Waals surface area contributed by atoms with Crippen molar-refractivity contribution in [2.75, 3.05) is 0 Å². The minimum Gasteiger partial charge on any atom is -0.451 e. The van der Waals surface area contributed by atoms with Crippen molar-refractivity contribution in [1.82, 2.24) is 0 Å². The maximum Gasteiger partial charge on any atom is 0.198 e. The van der Waals surface area contributed by atoms with Crippen LogP contribution in [0.15, 0.2) is 42.5 Å². The number of aliphatic hydroxyl groups is 1. The normalized spacial score (nSPS) is 10.3. The number of halogens is 2. The fourth-order valence-corrected chi connectivity index (χ4v) is 1.41. The summed E-state index contributed by atoms with van der Waals surface area (Å²) in [5.74, 6) is -1.79. The Labute approximate surface area is 97.1 Å². The quantitative estimate of drug-likeness (QED) is 0.886. The van der Waals surface area contributed by atoms with Gasteiger partial charge >= 0.3 is 0 Å². The predicted octanol–water partition coefficient (Wildman–Crippen LogP) is 3.25. The number of aliphatic hydroxyl groups excluding tert-OH is 1. The second kappa shape index (κ2) is 4.93. The molecule has 0 bridgehead atoms. The molecule has 1 N–H and O–H groups in total. The predicted molar refractivity (Wildman–Crippen MR) is 58.8 cm³/mol. The van der Waals surface area contributed by atoms with Gasteiger partial charge in [-0.15, -0.1) is 0 Å². The molecule has 0 aliphatic rings. The second-order valence-electron chi connectivity index (χ2n) is 3.46. The van der Waals surface area contributed by atoms with Crippen molar-refractivity contribution in [3.05, 3.63) is 59.7 Å². The molecule has 0 atom stereocenters. The molecule has 2 aromatic rings. The summed E-state index contributed by atoms with van der Waals surface area (Å²) in [6.45, 7) is -0.417. The fourth-order valence-electron chi connectivity index (χ4n) is 1.41. The molecule has 0 saturated heterocycles. The van der Waals surface area contributed by atoms with Crippen LogP contribution in [-0.4, -0.2) is 5.11 Å². The Morgan fingerprint density at radius 2 is 1.59 bits per heavy atom. The Morgan fingerprint density at radius 1 is 1.00 bits per heavy atom. The standard InChI is InChI=1S/C13H10F2O2/c14-11-6-9(8-16)7-12(15)13(11)17-10-4-2-1-3-5-10/h1-7,16H,8H2. The third-order valence-corrected chi connectivity index (χ3v) is 2.20. The van der Waals surface area contributed by atoms with Crippen LogP contribution in [0.1, 0.15) is 5.56 Å². The second-order valence-corrected chi connectivity index (χ2v) is 3.46. The summed E-state index contributed by atoms with van der Waals surface area (Å²) < 4.78 is 32.1. The Hall–Kier alpha value is -1.94. The van der Waals surface area contributed by atoms with E-state index in [0.29, 0.717) is 5.75 Å². The number of rotatable bonds is 3. The van der Waals surface area contributed by atoms with Gasteiger partial charge in [0.1, 0.15) is 5.75 Å². The van der Waals surface area contributed by atoms with E-state index in [1.165, 1.54) is 0 Å². The molecule has 0 aliphatic heterocycles. The highest BCUT2D eigenvalue weighted by Gasteiger charge is 2.13. The summed E-state index contributed by atoms with van der Waals surface area (Å²) in [7, 11) is 0. The van der Waals surface area contributed by atoms with E-state index >= 15 is 0 Å². The molecular weight excluding hydrogens is 226 g/mol. The molecule has 0 unspecified atom stereocenters. The summed E-state index contributed by atoms with van der Waals surface area (Å²) in [6, 6.07) is 10.5. The minimum atomic E-state index is -0.835. The van der Waals surface area contributed by atoms with Crippen LogP contribution >= 0.6 is 0 Å². The van der Waals surface area contributed by atoms with Crippen molar-refractivity contribution in [1.29, 1.82) is 0 Å². The van der Waals surface area contributed by atoms with Crippen molar-refractivity contribution in [3.8, 4) is 11.5 Å². The van der Waals surface area contributed by atoms with Crippen molar-refractivity contribution < 1.29 is 18.6 Å². The zero-order valence-corrected chi connectivity index (χ0v) is 8.86. The van der Waals surface area contributed by atoms with Crippen molar-refractivity contribution in [2.24, 2.45) is 0 Å². The van der Waals surface area contributed by atoms with Gasteiger partial charge in [-0.25, -0.2) is 8.78 Å². The molecule has 0 heterocycles. The van der Waals surface area contributed by atoms with E-state index < -0.39 is 24.0 Å². The van der Waals surface area contributed by atoms with E-state index in [1.807, 2.05) is 0 Å². The maximum absolute atomic E-state index is 13.5. The van der Waals surface area contributed by atoms with Gasteiger partial charge in [0.15, 0.2) is 17.4 Å². The first kappa shape index (κ1) is 11.5. The van der Waals surface area contributed by atoms with Gasteiger partial charge in [0.25, 0.3) is 0 Å². The number of hydrogen-bond donors (Lipinski definition) is 1. The van der Waals surface area contributed by atoms with Crippen LogP contribution < -0.4 is 4.74 Å². The molecule has 0 fully saturated rings. The van der Waals surface area contributed by atoms with Crippen LogP contribution in [0.4, 0.5) is 8.78 Å². The first-order valence-corrected chi connectivity index (χ1v) is 5.02. The summed E-state index contributed by atoms with van der Waals surface area (Å²) in [5.41, 5.74) is 0.167. The number of benzene rings is 2. The topological polar surface area (TPSA) is 29.5 Å². The van der Waals surface area contributed by atoms with E-state index in [2.05, 4.69) is 0 Å². The third kappa shape index (κ3) is 2.60. The van der Waals surface area contributed by atoms with Crippen LogP contribution in [0, 0.1) is 11.6 Å². The van der Waals surface area contributed by atoms with Gasteiger partial charge in [-0.05, 0) is 29.8 Å². The number of hydrogen-bond acceptors (Lipinski definition) is 2. The molecule has 4 heteroatoms. The Bertz CT molecular complexity index is 489. The lowest BCUT2D eigenvalue weighted by molar-refractivity contribution is 0.279. The first-order chi connectivity index (χ1) is 8.20. The van der Waals surface area contributed by atoms with Gasteiger partial charge in [-0.2, -0.15) is 0 Å². The summed E-state index contributed by atoms with van der Waals surface area (Å²) >= 11 is 0. The highest BCUT2D eigenvalue weighted by molar-refractivity contribution is 5.35. The van der Waals surface area contributed by atoms with Crippen molar-refractivity contribution in [2.45, 2.75) is 6.61 Å². The lowest BCUT2D eigenvalue weighted by Gasteiger charge is -2.08. The molecule has 88 valence electrons. The molecule has 0 aliphatic carbocycles. The fraction of sp³-hybridized carbons (Fsp3) is 0.0769. The summed E-state index contributed by atoms with van der Waals surface area (Å²) in [6.07, 6.45) is 0. The van der Waals surface area contributed by atoms with Crippen molar-refractivity contribution >= 4 is 0 Å². The molecule has 0 spiro atoms. The van der Waals surface area contributed by atoms with Crippen LogP contribution in [0.2, 0.25) is 0 Å². The minimum absolute atomic E-state index is 0.167. The lowest BCUT2D eigenvalue weighted by atomic mass is 10.2. The Morgan fingerprint density at radius 3 is 2.12 bits per heavy atom. The average Bonchev–Trinajstić information content (AvgIpc) is 2.35. The van der Waals surface area contributed by atoms with E-state index in [4.69, 9.17) is 9.84 Å². The molecule has 2 nitrogen and oxygen atoms in total. The van der Waals surface area contributed by atoms with E-state index in [0.717, 1.165) is 12.1 Å². The highest BCUT2D eigenvalue weighted by atomic mass is 19.1. The van der Waals surface area contributed by atoms with Gasteiger partial charge < -0.3 is 9.84 Å². The SMILES string of the molecule is OCc1cc(F)c(Oc2ccccc2)c(F)c1. The monoisotopic (exact) mass is 236 g/mol. The third-order valence-electron chi connectivity index (χ3n) is 2.20. The van der Waals surface area contributed by atoms with Crippen molar-refractivity contribution in [3.63, 3.8) is 0 Å². The Balaban J connectivity index is 2.33. The maximum atomic E-state index is 13.5. The van der Waals surface area contributed by atoms with E-state index in [-0.39, 0.29) is 5.56 Å². The van der Waals surface area contributed by atoms with Crippen LogP contribution in [0.25, 0.3) is 0 Å². The van der Waals surface area contributed by atoms with E-state index in [1.54, 1.807) is 30.3 Å². The number of para-hydroxylation sites is 1. The lowest BCUT2D eigenvalue weighted by Crippen LogP contribution is -1.95. The molecule has 17 heavy (non-hydrogen) atoms. The molecule has 0 aromatic heterocycles. The van der Waals surface area contributed by atoms with Gasteiger partial charge in [-0.3, -0.25) is 0 Å². The van der Waals surface area contributed by atoms with Gasteiger partial charge in [0, 0.05) is 0 Å². The molecule has 0 radical (unpaired) electrons. The molecule has 2 rings (SSSR count). The Kier molecular flexibility index (Phi) is 3.35. The highest BCUT2D eigenvalue weighted by Crippen LogP contribution is 2.28. The van der Waals surface area contributed by atoms with Crippen LogP contribution in [-0.2, 0) is 6.61 Å². The zero-order valence-electron chi connectivity index (χ0n) is 8.86. The van der Waals surface area contributed by atoms with E-state index in [9.17, 15) is 8.78 Å². The summed E-state index contributed by atoms with van der Waals surface area (Å²) in [5, 5.41) is 8.79. The molecular formula is C13H10F2O2. The first-order valence-electron chi connectivity index (χ1n) is 5.02. The number of ether oxygens (including phenoxy) is 1. The summed E-state index contributed by atoms with van der Waals surface area (Å²) in [4.78, 5) is 0. The van der Waals surface area contributed by atoms with Gasteiger partial charge in [0.2, 0.25) is 0 Å². The largest absolute Gasteiger partial charge is 0.451 e. The molecule has 0 amide bonds. The molecule has 0 saturated carbocycles. The molecule has 2 aromatic carbocycles. The van der Waals surface area contributed by atoms with Crippen LogP contribution in [0.5, 0.6) is 11.5 Å². The van der Waals surface area contributed by atoms with Crippen LogP contribution in [0.3, 0.4) is 0 Å². The smallest absolute Gasteiger partial charge is 0.198 e.